The van der Waals surface area contributed by atoms with E-state index < -0.39 is 41.6 Å². The Morgan fingerprint density at radius 1 is 0.818 bits per heavy atom. The Morgan fingerprint density at radius 2 is 1.45 bits per heavy atom. The summed E-state index contributed by atoms with van der Waals surface area (Å²) in [5.74, 6) is -5.85. The van der Waals surface area contributed by atoms with E-state index in [0.29, 0.717) is 18.4 Å². The van der Waals surface area contributed by atoms with Crippen LogP contribution in [0, 0.1) is 11.6 Å². The Morgan fingerprint density at radius 3 is 2.14 bits per heavy atom. The van der Waals surface area contributed by atoms with Crippen molar-refractivity contribution in [2.75, 3.05) is 31.6 Å². The van der Waals surface area contributed by atoms with E-state index in [9.17, 15) is 40.0 Å². The molecule has 0 radical (unpaired) electrons. The lowest BCUT2D eigenvalue weighted by Gasteiger charge is -2.19. The van der Waals surface area contributed by atoms with Crippen LogP contribution in [0.5, 0.6) is 5.75 Å². The smallest absolute Gasteiger partial charge is 0.453 e. The molecule has 1 aliphatic rings. The number of halogens is 7. The lowest BCUT2D eigenvalue weighted by atomic mass is 9.89. The van der Waals surface area contributed by atoms with Gasteiger partial charge in [0.15, 0.2) is 11.6 Å². The van der Waals surface area contributed by atoms with Crippen LogP contribution in [-0.2, 0) is 17.2 Å². The molecule has 246 valence electrons. The highest BCUT2D eigenvalue weighted by molar-refractivity contribution is 7.84. The molecule has 0 aliphatic heterocycles. The van der Waals surface area contributed by atoms with Gasteiger partial charge >= 0.3 is 12.1 Å². The van der Waals surface area contributed by atoms with Crippen molar-refractivity contribution in [2.24, 2.45) is 0 Å². The topological polar surface area (TPSA) is 40.5 Å². The second-order valence-electron chi connectivity index (χ2n) is 11.6. The van der Waals surface area contributed by atoms with Gasteiger partial charge in [0.05, 0.1) is 0 Å². The van der Waals surface area contributed by atoms with Crippen molar-refractivity contribution in [3.63, 3.8) is 0 Å². The Labute approximate surface area is 258 Å². The standard InChI is InChI=1S/C33H42F7NO2S/c1-41(21-6-7-22-44(43)23-9-19-32(36,37)33(38,39)40)20-5-3-2-4-10-27-26(24-13-15-25(34)16-14-24)11-8-12-29-28(27)17-18-30(42)31(29)35/h13-18,42H,2-12,19-23H2,1H3. The SMILES string of the molecule is CN(CCCCCCC1=C(c2ccc(F)cc2)CCCc2c1ccc(O)c2F)CCCCS(=O)CCCC(F)(F)C(F)(F)F. The summed E-state index contributed by atoms with van der Waals surface area (Å²) in [6.45, 7) is 1.64. The first-order valence-electron chi connectivity index (χ1n) is 15.3. The quantitative estimate of drug-likeness (QED) is 0.137. The molecule has 0 saturated carbocycles. The van der Waals surface area contributed by atoms with Gasteiger partial charge in [0.1, 0.15) is 5.82 Å². The second-order valence-corrected chi connectivity index (χ2v) is 13.3. The fraction of sp³-hybridized carbons (Fsp3) is 0.576. The zero-order chi connectivity index (χ0) is 32.3. The Hall–Kier alpha value is -2.40. The van der Waals surface area contributed by atoms with Gasteiger partial charge in [-0.3, -0.25) is 4.21 Å². The average molecular weight is 650 g/mol. The molecule has 44 heavy (non-hydrogen) atoms. The minimum Gasteiger partial charge on any atom is -0.505 e. The summed E-state index contributed by atoms with van der Waals surface area (Å²) in [5.41, 5.74) is 4.42. The highest BCUT2D eigenvalue weighted by Gasteiger charge is 2.56. The van der Waals surface area contributed by atoms with E-state index >= 15 is 0 Å². The molecule has 0 amide bonds. The molecule has 0 saturated heterocycles. The first-order valence-corrected chi connectivity index (χ1v) is 16.8. The summed E-state index contributed by atoms with van der Waals surface area (Å²) in [7, 11) is 0.574. The summed E-state index contributed by atoms with van der Waals surface area (Å²) in [6, 6.07) is 9.58. The third kappa shape index (κ3) is 10.6. The summed E-state index contributed by atoms with van der Waals surface area (Å²) in [5, 5.41) is 9.95. The zero-order valence-electron chi connectivity index (χ0n) is 25.1. The van der Waals surface area contributed by atoms with Gasteiger partial charge in [-0.15, -0.1) is 0 Å². The molecule has 3 rings (SSSR count). The van der Waals surface area contributed by atoms with Gasteiger partial charge in [0.2, 0.25) is 0 Å². The van der Waals surface area contributed by atoms with E-state index in [1.165, 1.54) is 18.2 Å². The van der Waals surface area contributed by atoms with Gasteiger partial charge in [-0.2, -0.15) is 22.0 Å². The van der Waals surface area contributed by atoms with Crippen molar-refractivity contribution in [1.29, 1.82) is 0 Å². The van der Waals surface area contributed by atoms with E-state index in [0.717, 1.165) is 86.7 Å². The normalized spacial score (nSPS) is 15.0. The molecule has 11 heteroatoms. The Balaban J connectivity index is 1.40. The highest BCUT2D eigenvalue weighted by Crippen LogP contribution is 2.41. The largest absolute Gasteiger partial charge is 0.505 e. The molecule has 1 aliphatic carbocycles. The van der Waals surface area contributed by atoms with Crippen LogP contribution in [0.3, 0.4) is 0 Å². The van der Waals surface area contributed by atoms with E-state index in [1.54, 1.807) is 18.2 Å². The average Bonchev–Trinajstić information content (AvgIpc) is 3.14. The zero-order valence-corrected chi connectivity index (χ0v) is 26.0. The summed E-state index contributed by atoms with van der Waals surface area (Å²) in [4.78, 5) is 2.17. The van der Waals surface area contributed by atoms with Crippen molar-refractivity contribution in [2.45, 2.75) is 89.1 Å². The van der Waals surface area contributed by atoms with Crippen LogP contribution < -0.4 is 0 Å². The first kappa shape index (κ1) is 36.1. The molecule has 0 fully saturated rings. The molecule has 2 aromatic carbocycles. The lowest BCUT2D eigenvalue weighted by Crippen LogP contribution is -2.36. The number of unbranched alkanes of at least 4 members (excludes halogenated alkanes) is 4. The third-order valence-electron chi connectivity index (χ3n) is 8.11. The maximum Gasteiger partial charge on any atom is 0.453 e. The molecular formula is C33H42F7NO2S. The monoisotopic (exact) mass is 649 g/mol. The predicted molar refractivity (Wildman–Crippen MR) is 162 cm³/mol. The van der Waals surface area contributed by atoms with Crippen LogP contribution in [0.15, 0.2) is 36.4 Å². The maximum atomic E-state index is 14.9. The molecule has 0 aromatic heterocycles. The van der Waals surface area contributed by atoms with Crippen LogP contribution in [0.25, 0.3) is 11.1 Å². The van der Waals surface area contributed by atoms with E-state index in [1.807, 2.05) is 7.05 Å². The van der Waals surface area contributed by atoms with E-state index in [4.69, 9.17) is 0 Å². The van der Waals surface area contributed by atoms with Crippen molar-refractivity contribution >= 4 is 21.9 Å². The number of fused-ring (bicyclic) bond motifs is 1. The number of aromatic hydroxyl groups is 1. The minimum absolute atomic E-state index is 0.160. The Bertz CT molecular complexity index is 1260. The van der Waals surface area contributed by atoms with Crippen LogP contribution in [0.1, 0.15) is 87.3 Å². The van der Waals surface area contributed by atoms with Crippen molar-refractivity contribution in [3.05, 3.63) is 64.7 Å². The van der Waals surface area contributed by atoms with E-state index in [2.05, 4.69) is 4.90 Å². The maximum absolute atomic E-state index is 14.9. The molecule has 3 nitrogen and oxygen atoms in total. The van der Waals surface area contributed by atoms with Crippen molar-refractivity contribution in [1.82, 2.24) is 4.90 Å². The molecule has 0 bridgehead atoms. The van der Waals surface area contributed by atoms with Crippen LogP contribution in [0.2, 0.25) is 0 Å². The van der Waals surface area contributed by atoms with Crippen LogP contribution in [-0.4, -0.2) is 58.0 Å². The lowest BCUT2D eigenvalue weighted by molar-refractivity contribution is -0.284. The minimum atomic E-state index is -5.57. The number of alkyl halides is 5. The van der Waals surface area contributed by atoms with E-state index in [-0.39, 0.29) is 23.1 Å². The van der Waals surface area contributed by atoms with Crippen LogP contribution >= 0.6 is 0 Å². The van der Waals surface area contributed by atoms with Crippen molar-refractivity contribution < 1.29 is 40.0 Å². The van der Waals surface area contributed by atoms with Gasteiger partial charge in [0.25, 0.3) is 0 Å². The van der Waals surface area contributed by atoms with Crippen LogP contribution in [0.4, 0.5) is 30.7 Å². The number of rotatable bonds is 17. The summed E-state index contributed by atoms with van der Waals surface area (Å²) >= 11 is 0. The van der Waals surface area contributed by atoms with Gasteiger partial charge in [-0.25, -0.2) is 8.78 Å². The molecular weight excluding hydrogens is 607 g/mol. The molecule has 1 atom stereocenters. The third-order valence-corrected chi connectivity index (χ3v) is 9.60. The molecule has 1 N–H and O–H groups in total. The molecule has 2 aromatic rings. The first-order chi connectivity index (χ1) is 20.8. The summed E-state index contributed by atoms with van der Waals surface area (Å²) in [6.07, 6.45) is 0.579. The fourth-order valence-corrected chi connectivity index (χ4v) is 6.84. The van der Waals surface area contributed by atoms with Gasteiger partial charge in [-0.1, -0.05) is 31.0 Å². The number of benzene rings is 2. The Kier molecular flexibility index (Phi) is 13.8. The highest BCUT2D eigenvalue weighted by atomic mass is 32.2. The number of hydrogen-bond acceptors (Lipinski definition) is 3. The fourth-order valence-electron chi connectivity index (χ4n) is 5.64. The van der Waals surface area contributed by atoms with Gasteiger partial charge in [-0.05, 0) is 124 Å². The summed E-state index contributed by atoms with van der Waals surface area (Å²) < 4.78 is 103. The van der Waals surface area contributed by atoms with Gasteiger partial charge < -0.3 is 10.0 Å². The number of allylic oxidation sites excluding steroid dienone is 2. The number of hydrogen-bond donors (Lipinski definition) is 1. The molecule has 0 spiro atoms. The second kappa shape index (κ2) is 16.8. The van der Waals surface area contributed by atoms with Gasteiger partial charge in [0, 0.05) is 28.7 Å². The molecule has 0 heterocycles. The van der Waals surface area contributed by atoms with Crippen molar-refractivity contribution in [3.8, 4) is 5.75 Å². The molecule has 1 unspecified atom stereocenters. The number of phenolic OH excluding ortho intramolecular Hbond substituents is 1. The predicted octanol–water partition coefficient (Wildman–Crippen LogP) is 9.31. The number of phenols is 1. The number of nitrogens with zero attached hydrogens (tertiary/aromatic N) is 1.